The highest BCUT2D eigenvalue weighted by molar-refractivity contribution is 5.78. The van der Waals surface area contributed by atoms with Crippen LogP contribution in [0.3, 0.4) is 0 Å². The van der Waals surface area contributed by atoms with Gasteiger partial charge in [-0.3, -0.25) is 9.59 Å². The van der Waals surface area contributed by atoms with Crippen LogP contribution in [-0.2, 0) is 15.7 Å². The van der Waals surface area contributed by atoms with Gasteiger partial charge in [0.1, 0.15) is 6.61 Å². The van der Waals surface area contributed by atoms with E-state index >= 15 is 0 Å². The first kappa shape index (κ1) is 23.4. The van der Waals surface area contributed by atoms with E-state index in [0.29, 0.717) is 24.3 Å². The fourth-order valence-corrected chi connectivity index (χ4v) is 3.03. The number of likely N-dealkylation sites (N-methyl/N-ethyl adjacent to an activating group) is 1. The maximum atomic E-state index is 12.6. The zero-order chi connectivity index (χ0) is 23.5. The molecule has 0 radical (unpaired) electrons. The third kappa shape index (κ3) is 5.52. The van der Waals surface area contributed by atoms with E-state index in [-0.39, 0.29) is 42.7 Å². The summed E-state index contributed by atoms with van der Waals surface area (Å²) in [7, 11) is 1.65. The SMILES string of the molecule is Cc1c(N[C@@H](C)COCC(=O)N(C)C2CN(c3ncc(C(F)(F)F)cn3)C2)cn[nH]c1=O. The van der Waals surface area contributed by atoms with Gasteiger partial charge in [-0.25, -0.2) is 15.1 Å². The van der Waals surface area contributed by atoms with Gasteiger partial charge in [0.2, 0.25) is 11.9 Å². The Morgan fingerprint density at radius 1 is 1.34 bits per heavy atom. The first-order valence-electron chi connectivity index (χ1n) is 9.84. The number of nitrogens with one attached hydrogen (secondary N) is 2. The number of hydrogen-bond acceptors (Lipinski definition) is 8. The largest absolute Gasteiger partial charge is 0.419 e. The van der Waals surface area contributed by atoms with Crippen LogP contribution >= 0.6 is 0 Å². The molecule has 174 valence electrons. The lowest BCUT2D eigenvalue weighted by atomic mass is 10.1. The molecule has 32 heavy (non-hydrogen) atoms. The fraction of sp³-hybridized carbons (Fsp3) is 0.526. The highest BCUT2D eigenvalue weighted by atomic mass is 19.4. The van der Waals surface area contributed by atoms with Crippen molar-refractivity contribution in [3.8, 4) is 0 Å². The van der Waals surface area contributed by atoms with Crippen LogP contribution in [0, 0.1) is 6.92 Å². The van der Waals surface area contributed by atoms with Crippen molar-refractivity contribution >= 4 is 17.5 Å². The van der Waals surface area contributed by atoms with Gasteiger partial charge in [-0.05, 0) is 13.8 Å². The smallest absolute Gasteiger partial charge is 0.379 e. The van der Waals surface area contributed by atoms with Crippen LogP contribution in [-0.4, -0.2) is 76.4 Å². The minimum atomic E-state index is -4.48. The van der Waals surface area contributed by atoms with Crippen molar-refractivity contribution in [3.05, 3.63) is 40.1 Å². The first-order valence-corrected chi connectivity index (χ1v) is 9.84. The average molecular weight is 455 g/mol. The molecule has 1 fully saturated rings. The van der Waals surface area contributed by atoms with Crippen LogP contribution in [0.25, 0.3) is 0 Å². The molecule has 1 amide bonds. The minimum absolute atomic E-state index is 0.114. The number of alkyl halides is 3. The lowest BCUT2D eigenvalue weighted by molar-refractivity contribution is -0.138. The summed E-state index contributed by atoms with van der Waals surface area (Å²) in [5.41, 5.74) is -0.0873. The van der Waals surface area contributed by atoms with Gasteiger partial charge < -0.3 is 19.9 Å². The molecule has 10 nitrogen and oxygen atoms in total. The third-order valence-electron chi connectivity index (χ3n) is 5.15. The van der Waals surface area contributed by atoms with E-state index in [1.165, 1.54) is 6.20 Å². The zero-order valence-electron chi connectivity index (χ0n) is 17.8. The molecule has 1 aliphatic heterocycles. The van der Waals surface area contributed by atoms with E-state index in [2.05, 4.69) is 25.5 Å². The molecule has 0 spiro atoms. The van der Waals surface area contributed by atoms with Crippen molar-refractivity contribution in [1.29, 1.82) is 0 Å². The van der Waals surface area contributed by atoms with Crippen molar-refractivity contribution in [3.63, 3.8) is 0 Å². The second-order valence-electron chi connectivity index (χ2n) is 7.63. The molecule has 0 aliphatic carbocycles. The van der Waals surface area contributed by atoms with E-state index in [1.807, 2.05) is 6.92 Å². The zero-order valence-corrected chi connectivity index (χ0v) is 17.8. The molecule has 0 saturated carbocycles. The van der Waals surface area contributed by atoms with Gasteiger partial charge in [0.05, 0.1) is 30.1 Å². The Morgan fingerprint density at radius 2 is 2.00 bits per heavy atom. The van der Waals surface area contributed by atoms with E-state index in [9.17, 15) is 22.8 Å². The molecular weight excluding hydrogens is 431 g/mol. The van der Waals surface area contributed by atoms with E-state index < -0.39 is 11.7 Å². The van der Waals surface area contributed by atoms with Gasteiger partial charge in [-0.15, -0.1) is 0 Å². The Bertz CT molecular complexity index is 991. The summed E-state index contributed by atoms with van der Waals surface area (Å²) in [6.07, 6.45) is -1.48. The van der Waals surface area contributed by atoms with Gasteiger partial charge in [0.15, 0.2) is 0 Å². The maximum Gasteiger partial charge on any atom is 0.419 e. The van der Waals surface area contributed by atoms with Gasteiger partial charge >= 0.3 is 6.18 Å². The van der Waals surface area contributed by atoms with Crippen LogP contribution in [0.1, 0.15) is 18.1 Å². The second-order valence-corrected chi connectivity index (χ2v) is 7.63. The van der Waals surface area contributed by atoms with Crippen LogP contribution < -0.4 is 15.8 Å². The Balaban J connectivity index is 1.40. The summed E-state index contributed by atoms with van der Waals surface area (Å²) in [6.45, 7) is 4.47. The Kier molecular flexibility index (Phi) is 6.96. The van der Waals surface area contributed by atoms with Crippen LogP contribution in [0.15, 0.2) is 23.4 Å². The van der Waals surface area contributed by atoms with Crippen molar-refractivity contribution in [2.24, 2.45) is 0 Å². The maximum absolute atomic E-state index is 12.6. The lowest BCUT2D eigenvalue weighted by Gasteiger charge is -2.43. The number of halogens is 3. The predicted octanol–water partition coefficient (Wildman–Crippen LogP) is 1.05. The number of aromatic amines is 1. The number of hydrogen-bond donors (Lipinski definition) is 2. The minimum Gasteiger partial charge on any atom is -0.379 e. The van der Waals surface area contributed by atoms with Crippen LogP contribution in [0.4, 0.5) is 24.8 Å². The van der Waals surface area contributed by atoms with Gasteiger partial charge in [0, 0.05) is 44.1 Å². The quantitative estimate of drug-likeness (QED) is 0.607. The van der Waals surface area contributed by atoms with E-state index in [0.717, 1.165) is 12.4 Å². The van der Waals surface area contributed by atoms with Crippen molar-refractivity contribution < 1.29 is 22.7 Å². The summed E-state index contributed by atoms with van der Waals surface area (Å²) in [6, 6.07) is -0.274. The highest BCUT2D eigenvalue weighted by Gasteiger charge is 2.35. The number of nitrogens with zero attached hydrogens (tertiary/aromatic N) is 5. The Hall–Kier alpha value is -3.22. The summed E-state index contributed by atoms with van der Waals surface area (Å²) in [5, 5.41) is 9.20. The number of anilines is 2. The summed E-state index contributed by atoms with van der Waals surface area (Å²) >= 11 is 0. The molecular formula is C19H24F3N7O3. The molecule has 1 atom stereocenters. The predicted molar refractivity (Wildman–Crippen MR) is 109 cm³/mol. The Labute approximate surface area is 181 Å². The number of amides is 1. The van der Waals surface area contributed by atoms with Crippen molar-refractivity contribution in [1.82, 2.24) is 25.1 Å². The van der Waals surface area contributed by atoms with Crippen LogP contribution in [0.2, 0.25) is 0 Å². The van der Waals surface area contributed by atoms with Crippen molar-refractivity contribution in [2.75, 3.05) is 43.6 Å². The lowest BCUT2D eigenvalue weighted by Crippen LogP contribution is -2.60. The van der Waals surface area contributed by atoms with Crippen LogP contribution in [0.5, 0.6) is 0 Å². The average Bonchev–Trinajstić information content (AvgIpc) is 2.70. The molecule has 0 unspecified atom stereocenters. The highest BCUT2D eigenvalue weighted by Crippen LogP contribution is 2.29. The normalized spacial score (nSPS) is 15.2. The van der Waals surface area contributed by atoms with Gasteiger partial charge in [-0.2, -0.15) is 18.3 Å². The van der Waals surface area contributed by atoms with Gasteiger partial charge in [0.25, 0.3) is 5.56 Å². The van der Waals surface area contributed by atoms with E-state index in [4.69, 9.17) is 4.74 Å². The van der Waals surface area contributed by atoms with E-state index in [1.54, 1.807) is 23.8 Å². The number of carbonyl (C=O) groups excluding carboxylic acids is 1. The number of ether oxygens (including phenoxy) is 1. The number of H-pyrrole nitrogens is 1. The molecule has 1 aliphatic rings. The molecule has 2 N–H and O–H groups in total. The summed E-state index contributed by atoms with van der Waals surface area (Å²) < 4.78 is 43.3. The third-order valence-corrected chi connectivity index (χ3v) is 5.15. The molecule has 2 aromatic heterocycles. The number of carbonyl (C=O) groups is 1. The molecule has 3 rings (SSSR count). The molecule has 13 heteroatoms. The molecule has 2 aromatic rings. The summed E-state index contributed by atoms with van der Waals surface area (Å²) in [4.78, 5) is 34.7. The molecule has 3 heterocycles. The van der Waals surface area contributed by atoms with Crippen molar-refractivity contribution in [2.45, 2.75) is 32.1 Å². The molecule has 0 aromatic carbocycles. The molecule has 1 saturated heterocycles. The standard InChI is InChI=1S/C19H24F3N7O3/c1-11(26-15-6-25-27-17(31)12(15)2)9-32-10-16(30)28(3)14-7-29(8-14)18-23-4-13(5-24-18)19(20,21)22/h4-6,11,14H,7-10H2,1-3H3,(H2,26,27,31)/t11-/m0/s1. The summed E-state index contributed by atoms with van der Waals surface area (Å²) in [5.74, 6) is -0.0278. The molecule has 0 bridgehead atoms. The number of rotatable bonds is 8. The second kappa shape index (κ2) is 9.51. The first-order chi connectivity index (χ1) is 15.1. The fourth-order valence-electron chi connectivity index (χ4n) is 3.03. The number of aromatic nitrogens is 4. The monoisotopic (exact) mass is 455 g/mol. The topological polar surface area (TPSA) is 116 Å². The van der Waals surface area contributed by atoms with Gasteiger partial charge in [-0.1, -0.05) is 0 Å². The Morgan fingerprint density at radius 3 is 2.62 bits per heavy atom.